The Labute approximate surface area is 114 Å². The Morgan fingerprint density at radius 1 is 1.00 bits per heavy atom. The summed E-state index contributed by atoms with van der Waals surface area (Å²) in [6, 6.07) is 8.13. The van der Waals surface area contributed by atoms with Crippen LogP contribution in [-0.2, 0) is 0 Å². The van der Waals surface area contributed by atoms with Crippen LogP contribution in [0, 0.1) is 13.8 Å². The second-order valence-corrected chi connectivity index (χ2v) is 5.73. The van der Waals surface area contributed by atoms with Crippen molar-refractivity contribution < 1.29 is 4.74 Å². The highest BCUT2D eigenvalue weighted by atomic mass is 16.5. The van der Waals surface area contributed by atoms with Gasteiger partial charge >= 0.3 is 0 Å². The fourth-order valence-electron chi connectivity index (χ4n) is 2.08. The zero-order chi connectivity index (χ0) is 14.0. The van der Waals surface area contributed by atoms with E-state index in [9.17, 15) is 0 Å². The van der Waals surface area contributed by atoms with Crippen LogP contribution < -0.4 is 4.74 Å². The summed E-state index contributed by atoms with van der Waals surface area (Å²) in [6.07, 6.45) is 1.79. The standard InChI is InChI=1S/C16H20N2O/c1-11-10-17-18-12(2)15(11)13-6-8-14(9-7-13)19-16(3,4)5/h6-10H,1-5H3. The highest BCUT2D eigenvalue weighted by Crippen LogP contribution is 2.27. The Morgan fingerprint density at radius 3 is 2.16 bits per heavy atom. The molecule has 0 aliphatic carbocycles. The molecule has 0 aliphatic rings. The second-order valence-electron chi connectivity index (χ2n) is 5.73. The van der Waals surface area contributed by atoms with E-state index in [1.54, 1.807) is 6.20 Å². The van der Waals surface area contributed by atoms with Gasteiger partial charge in [-0.15, -0.1) is 0 Å². The van der Waals surface area contributed by atoms with Crippen molar-refractivity contribution in [3.8, 4) is 16.9 Å². The predicted molar refractivity (Wildman–Crippen MR) is 77.3 cm³/mol. The number of benzene rings is 1. The van der Waals surface area contributed by atoms with Gasteiger partial charge in [0.1, 0.15) is 11.4 Å². The highest BCUT2D eigenvalue weighted by molar-refractivity contribution is 5.69. The minimum Gasteiger partial charge on any atom is -0.488 e. The molecule has 0 fully saturated rings. The molecule has 3 heteroatoms. The minimum atomic E-state index is -0.175. The molecule has 0 N–H and O–H groups in total. The van der Waals surface area contributed by atoms with Crippen molar-refractivity contribution in [3.05, 3.63) is 41.7 Å². The number of nitrogens with zero attached hydrogens (tertiary/aromatic N) is 2. The number of aryl methyl sites for hydroxylation is 2. The third-order valence-electron chi connectivity index (χ3n) is 2.78. The molecule has 3 nitrogen and oxygen atoms in total. The van der Waals surface area contributed by atoms with Crippen LogP contribution in [0.1, 0.15) is 32.0 Å². The Hall–Kier alpha value is -1.90. The number of hydrogen-bond donors (Lipinski definition) is 0. The Morgan fingerprint density at radius 2 is 1.63 bits per heavy atom. The van der Waals surface area contributed by atoms with E-state index in [1.165, 1.54) is 0 Å². The molecule has 2 rings (SSSR count). The third kappa shape index (κ3) is 3.31. The zero-order valence-electron chi connectivity index (χ0n) is 12.2. The van der Waals surface area contributed by atoms with Crippen LogP contribution in [0.5, 0.6) is 5.75 Å². The highest BCUT2D eigenvalue weighted by Gasteiger charge is 2.12. The molecular weight excluding hydrogens is 236 g/mol. The molecule has 0 saturated carbocycles. The largest absolute Gasteiger partial charge is 0.488 e. The maximum atomic E-state index is 5.83. The van der Waals surface area contributed by atoms with Crippen molar-refractivity contribution in [2.24, 2.45) is 0 Å². The van der Waals surface area contributed by atoms with E-state index < -0.39 is 0 Å². The SMILES string of the molecule is Cc1cnnc(C)c1-c1ccc(OC(C)(C)C)cc1. The van der Waals surface area contributed by atoms with Gasteiger partial charge in [-0.2, -0.15) is 10.2 Å². The van der Waals surface area contributed by atoms with E-state index in [0.717, 1.165) is 28.1 Å². The summed E-state index contributed by atoms with van der Waals surface area (Å²) >= 11 is 0. The van der Waals surface area contributed by atoms with E-state index in [2.05, 4.69) is 29.3 Å². The van der Waals surface area contributed by atoms with Gasteiger partial charge in [0.05, 0.1) is 11.9 Å². The van der Waals surface area contributed by atoms with Gasteiger partial charge in [-0.1, -0.05) is 12.1 Å². The van der Waals surface area contributed by atoms with E-state index in [1.807, 2.05) is 39.8 Å². The maximum Gasteiger partial charge on any atom is 0.120 e. The summed E-state index contributed by atoms with van der Waals surface area (Å²) < 4.78 is 5.83. The molecule has 0 amide bonds. The maximum absolute atomic E-state index is 5.83. The van der Waals surface area contributed by atoms with Crippen LogP contribution in [-0.4, -0.2) is 15.8 Å². The fourth-order valence-corrected chi connectivity index (χ4v) is 2.08. The van der Waals surface area contributed by atoms with Crippen LogP contribution in [0.25, 0.3) is 11.1 Å². The van der Waals surface area contributed by atoms with Crippen LogP contribution >= 0.6 is 0 Å². The van der Waals surface area contributed by atoms with Crippen molar-refractivity contribution in [3.63, 3.8) is 0 Å². The van der Waals surface area contributed by atoms with Crippen LogP contribution in [0.4, 0.5) is 0 Å². The molecule has 0 saturated heterocycles. The molecule has 0 bridgehead atoms. The summed E-state index contributed by atoms with van der Waals surface area (Å²) in [5.41, 5.74) is 4.20. The molecule has 0 spiro atoms. The summed E-state index contributed by atoms with van der Waals surface area (Å²) in [7, 11) is 0. The van der Waals surface area contributed by atoms with Gasteiger partial charge in [-0.05, 0) is 57.9 Å². The lowest BCUT2D eigenvalue weighted by Crippen LogP contribution is -2.22. The van der Waals surface area contributed by atoms with E-state index in [4.69, 9.17) is 4.74 Å². The first kappa shape index (κ1) is 13.5. The number of aromatic nitrogens is 2. The zero-order valence-corrected chi connectivity index (χ0v) is 12.2. The predicted octanol–water partition coefficient (Wildman–Crippen LogP) is 3.94. The van der Waals surface area contributed by atoms with Crippen molar-refractivity contribution >= 4 is 0 Å². The Bertz CT molecular complexity index is 548. The lowest BCUT2D eigenvalue weighted by molar-refractivity contribution is 0.131. The lowest BCUT2D eigenvalue weighted by Gasteiger charge is -2.21. The molecule has 19 heavy (non-hydrogen) atoms. The monoisotopic (exact) mass is 256 g/mol. The van der Waals surface area contributed by atoms with Crippen molar-refractivity contribution in [1.82, 2.24) is 10.2 Å². The number of hydrogen-bond acceptors (Lipinski definition) is 3. The molecule has 0 radical (unpaired) electrons. The van der Waals surface area contributed by atoms with E-state index >= 15 is 0 Å². The molecule has 0 atom stereocenters. The molecular formula is C16H20N2O. The van der Waals surface area contributed by atoms with Gasteiger partial charge in [0.15, 0.2) is 0 Å². The Kier molecular flexibility index (Phi) is 3.56. The number of rotatable bonds is 2. The van der Waals surface area contributed by atoms with Crippen molar-refractivity contribution in [2.45, 2.75) is 40.2 Å². The first-order valence-corrected chi connectivity index (χ1v) is 6.45. The van der Waals surface area contributed by atoms with Gasteiger partial charge < -0.3 is 4.74 Å². The molecule has 1 aromatic heterocycles. The smallest absolute Gasteiger partial charge is 0.120 e. The molecule has 0 aliphatic heterocycles. The average Bonchev–Trinajstić information content (AvgIpc) is 2.29. The first-order chi connectivity index (χ1) is 8.87. The summed E-state index contributed by atoms with van der Waals surface area (Å²) in [5, 5.41) is 8.08. The molecule has 1 aromatic carbocycles. The second kappa shape index (κ2) is 5.00. The van der Waals surface area contributed by atoms with Crippen LogP contribution in [0.3, 0.4) is 0 Å². The van der Waals surface area contributed by atoms with E-state index in [-0.39, 0.29) is 5.60 Å². The van der Waals surface area contributed by atoms with Gasteiger partial charge in [-0.3, -0.25) is 0 Å². The first-order valence-electron chi connectivity index (χ1n) is 6.45. The quantitative estimate of drug-likeness (QED) is 0.816. The normalized spacial score (nSPS) is 11.4. The van der Waals surface area contributed by atoms with Gasteiger partial charge in [0.25, 0.3) is 0 Å². The average molecular weight is 256 g/mol. The topological polar surface area (TPSA) is 35.0 Å². The third-order valence-corrected chi connectivity index (χ3v) is 2.78. The lowest BCUT2D eigenvalue weighted by atomic mass is 10.0. The fraction of sp³-hybridized carbons (Fsp3) is 0.375. The Balaban J connectivity index is 2.33. The van der Waals surface area contributed by atoms with Crippen LogP contribution in [0.2, 0.25) is 0 Å². The van der Waals surface area contributed by atoms with E-state index in [0.29, 0.717) is 0 Å². The van der Waals surface area contributed by atoms with Gasteiger partial charge in [0.2, 0.25) is 0 Å². The van der Waals surface area contributed by atoms with Crippen LogP contribution in [0.15, 0.2) is 30.5 Å². The molecule has 0 unspecified atom stereocenters. The molecule has 2 aromatic rings. The summed E-state index contributed by atoms with van der Waals surface area (Å²) in [6.45, 7) is 10.2. The summed E-state index contributed by atoms with van der Waals surface area (Å²) in [5.74, 6) is 0.883. The van der Waals surface area contributed by atoms with Gasteiger partial charge in [-0.25, -0.2) is 0 Å². The van der Waals surface area contributed by atoms with Gasteiger partial charge in [0, 0.05) is 5.56 Å². The molecule has 1 heterocycles. The number of ether oxygens (including phenoxy) is 1. The van der Waals surface area contributed by atoms with Crippen molar-refractivity contribution in [1.29, 1.82) is 0 Å². The molecule has 100 valence electrons. The summed E-state index contributed by atoms with van der Waals surface area (Å²) in [4.78, 5) is 0. The minimum absolute atomic E-state index is 0.175. The van der Waals surface area contributed by atoms with Crippen molar-refractivity contribution in [2.75, 3.05) is 0 Å².